The number of nitrogens with one attached hydrogen (secondary N) is 2. The SMILES string of the molecule is CNC(=O)Nc1cccc(-c2nc(C(C)(C)C)no2)c1. The van der Waals surface area contributed by atoms with E-state index in [0.717, 1.165) is 5.56 Å². The Labute approximate surface area is 117 Å². The van der Waals surface area contributed by atoms with Crippen LogP contribution in [-0.2, 0) is 5.41 Å². The predicted octanol–water partition coefficient (Wildman–Crippen LogP) is 2.79. The molecule has 0 aliphatic carbocycles. The van der Waals surface area contributed by atoms with E-state index < -0.39 is 0 Å². The molecule has 0 spiro atoms. The Morgan fingerprint density at radius 3 is 2.65 bits per heavy atom. The maximum atomic E-state index is 11.3. The monoisotopic (exact) mass is 274 g/mol. The maximum absolute atomic E-state index is 11.3. The van der Waals surface area contributed by atoms with Gasteiger partial charge in [-0.25, -0.2) is 4.79 Å². The van der Waals surface area contributed by atoms with Crippen molar-refractivity contribution in [3.8, 4) is 11.5 Å². The molecule has 0 aliphatic heterocycles. The second-order valence-corrected chi connectivity index (χ2v) is 5.46. The van der Waals surface area contributed by atoms with Crippen molar-refractivity contribution in [3.63, 3.8) is 0 Å². The summed E-state index contributed by atoms with van der Waals surface area (Å²) in [6.07, 6.45) is 0. The fraction of sp³-hybridized carbons (Fsp3) is 0.357. The second kappa shape index (κ2) is 5.32. The second-order valence-electron chi connectivity index (χ2n) is 5.46. The van der Waals surface area contributed by atoms with E-state index in [0.29, 0.717) is 17.4 Å². The Kier molecular flexibility index (Phi) is 3.74. The van der Waals surface area contributed by atoms with Crippen molar-refractivity contribution >= 4 is 11.7 Å². The van der Waals surface area contributed by atoms with Crippen molar-refractivity contribution in [2.45, 2.75) is 26.2 Å². The van der Waals surface area contributed by atoms with Crippen LogP contribution in [-0.4, -0.2) is 23.2 Å². The van der Waals surface area contributed by atoms with Crippen molar-refractivity contribution in [1.29, 1.82) is 0 Å². The molecule has 0 bridgehead atoms. The predicted molar refractivity (Wildman–Crippen MR) is 76.5 cm³/mol. The molecule has 106 valence electrons. The minimum absolute atomic E-state index is 0.167. The Hall–Kier alpha value is -2.37. The van der Waals surface area contributed by atoms with Crippen molar-refractivity contribution in [2.75, 3.05) is 12.4 Å². The van der Waals surface area contributed by atoms with Gasteiger partial charge in [-0.15, -0.1) is 0 Å². The highest BCUT2D eigenvalue weighted by Crippen LogP contribution is 2.25. The van der Waals surface area contributed by atoms with Crippen LogP contribution < -0.4 is 10.6 Å². The summed E-state index contributed by atoms with van der Waals surface area (Å²) in [5, 5.41) is 9.18. The molecule has 6 nitrogen and oxygen atoms in total. The summed E-state index contributed by atoms with van der Waals surface area (Å²) in [7, 11) is 1.56. The van der Waals surface area contributed by atoms with E-state index in [2.05, 4.69) is 20.8 Å². The van der Waals surface area contributed by atoms with Gasteiger partial charge >= 0.3 is 6.03 Å². The number of nitrogens with zero attached hydrogens (tertiary/aromatic N) is 2. The molecule has 0 unspecified atom stereocenters. The average Bonchev–Trinajstić information content (AvgIpc) is 2.88. The zero-order valence-corrected chi connectivity index (χ0v) is 12.0. The van der Waals surface area contributed by atoms with E-state index >= 15 is 0 Å². The van der Waals surface area contributed by atoms with Gasteiger partial charge in [0.25, 0.3) is 5.89 Å². The molecule has 1 aromatic carbocycles. The van der Waals surface area contributed by atoms with E-state index in [1.54, 1.807) is 19.2 Å². The number of carbonyl (C=O) groups excluding carboxylic acids is 1. The number of hydrogen-bond donors (Lipinski definition) is 2. The molecule has 0 radical (unpaired) electrons. The minimum atomic E-state index is -0.275. The van der Waals surface area contributed by atoms with Crippen molar-refractivity contribution < 1.29 is 9.32 Å². The molecule has 2 amide bonds. The zero-order chi connectivity index (χ0) is 14.8. The molecule has 20 heavy (non-hydrogen) atoms. The number of carbonyl (C=O) groups is 1. The summed E-state index contributed by atoms with van der Waals surface area (Å²) in [5.74, 6) is 1.09. The lowest BCUT2D eigenvalue weighted by Gasteiger charge is -2.10. The molecule has 2 N–H and O–H groups in total. The van der Waals surface area contributed by atoms with Gasteiger partial charge in [-0.3, -0.25) is 0 Å². The molecule has 0 saturated carbocycles. The Balaban J connectivity index is 2.27. The van der Waals surface area contributed by atoms with Gasteiger partial charge < -0.3 is 15.2 Å². The van der Waals surface area contributed by atoms with Crippen molar-refractivity contribution in [1.82, 2.24) is 15.5 Å². The van der Waals surface area contributed by atoms with Crippen LogP contribution in [0.15, 0.2) is 28.8 Å². The first-order chi connectivity index (χ1) is 9.40. The number of hydrogen-bond acceptors (Lipinski definition) is 4. The molecule has 0 aliphatic rings. The van der Waals surface area contributed by atoms with Gasteiger partial charge in [0.2, 0.25) is 0 Å². The van der Waals surface area contributed by atoms with Crippen molar-refractivity contribution in [2.24, 2.45) is 0 Å². The number of urea groups is 1. The Bertz CT molecular complexity index is 614. The lowest BCUT2D eigenvalue weighted by atomic mass is 9.96. The lowest BCUT2D eigenvalue weighted by Crippen LogP contribution is -2.24. The Morgan fingerprint density at radius 2 is 2.05 bits per heavy atom. The fourth-order valence-corrected chi connectivity index (χ4v) is 1.57. The highest BCUT2D eigenvalue weighted by atomic mass is 16.5. The largest absolute Gasteiger partial charge is 0.341 e. The van der Waals surface area contributed by atoms with Crippen LogP contribution in [0.1, 0.15) is 26.6 Å². The summed E-state index contributed by atoms with van der Waals surface area (Å²) in [4.78, 5) is 15.7. The van der Waals surface area contributed by atoms with E-state index in [1.807, 2.05) is 32.9 Å². The van der Waals surface area contributed by atoms with Gasteiger partial charge in [-0.2, -0.15) is 4.98 Å². The van der Waals surface area contributed by atoms with E-state index in [-0.39, 0.29) is 11.4 Å². The van der Waals surface area contributed by atoms with Crippen LogP contribution in [0, 0.1) is 0 Å². The number of rotatable bonds is 2. The number of benzene rings is 1. The Morgan fingerprint density at radius 1 is 1.30 bits per heavy atom. The first-order valence-electron chi connectivity index (χ1n) is 6.33. The molecular weight excluding hydrogens is 256 g/mol. The molecule has 0 fully saturated rings. The topological polar surface area (TPSA) is 80.0 Å². The molecule has 2 rings (SSSR count). The number of anilines is 1. The molecular formula is C14H18N4O2. The van der Waals surface area contributed by atoms with E-state index in [9.17, 15) is 4.79 Å². The third kappa shape index (κ3) is 3.14. The standard InChI is InChI=1S/C14H18N4O2/c1-14(2,3)12-17-11(20-18-12)9-6-5-7-10(8-9)16-13(19)15-4/h5-8H,1-4H3,(H2,15,16,19). The molecule has 1 aromatic heterocycles. The summed E-state index contributed by atoms with van der Waals surface area (Å²) in [6, 6.07) is 6.98. The summed E-state index contributed by atoms with van der Waals surface area (Å²) >= 11 is 0. The minimum Gasteiger partial charge on any atom is -0.341 e. The van der Waals surface area contributed by atoms with Gasteiger partial charge in [0.15, 0.2) is 5.82 Å². The average molecular weight is 274 g/mol. The smallest absolute Gasteiger partial charge is 0.318 e. The lowest BCUT2D eigenvalue weighted by molar-refractivity contribution is 0.254. The van der Waals surface area contributed by atoms with Crippen LogP contribution in [0.3, 0.4) is 0 Å². The molecule has 0 atom stereocenters. The molecule has 6 heteroatoms. The van der Waals surface area contributed by atoms with Crippen LogP contribution in [0.4, 0.5) is 10.5 Å². The van der Waals surface area contributed by atoms with Gasteiger partial charge in [0, 0.05) is 23.7 Å². The van der Waals surface area contributed by atoms with Gasteiger partial charge in [-0.1, -0.05) is 32.0 Å². The number of aromatic nitrogens is 2. The molecule has 2 aromatic rings. The van der Waals surface area contributed by atoms with Crippen LogP contribution in [0.2, 0.25) is 0 Å². The fourth-order valence-electron chi connectivity index (χ4n) is 1.57. The third-order valence-electron chi connectivity index (χ3n) is 2.69. The first kappa shape index (κ1) is 14.0. The molecule has 1 heterocycles. The summed E-state index contributed by atoms with van der Waals surface area (Å²) in [6.45, 7) is 6.06. The van der Waals surface area contributed by atoms with Crippen LogP contribution in [0.25, 0.3) is 11.5 Å². The normalized spacial score (nSPS) is 11.2. The summed E-state index contributed by atoms with van der Waals surface area (Å²) < 4.78 is 5.27. The maximum Gasteiger partial charge on any atom is 0.318 e. The third-order valence-corrected chi connectivity index (χ3v) is 2.69. The van der Waals surface area contributed by atoms with E-state index in [1.165, 1.54) is 0 Å². The van der Waals surface area contributed by atoms with Gasteiger partial charge in [-0.05, 0) is 18.2 Å². The number of amides is 2. The molecule has 0 saturated heterocycles. The summed E-state index contributed by atoms with van der Waals surface area (Å²) in [5.41, 5.74) is 1.26. The quantitative estimate of drug-likeness (QED) is 0.882. The van der Waals surface area contributed by atoms with Crippen molar-refractivity contribution in [3.05, 3.63) is 30.1 Å². The van der Waals surface area contributed by atoms with E-state index in [4.69, 9.17) is 4.52 Å². The first-order valence-corrected chi connectivity index (χ1v) is 6.33. The van der Waals surface area contributed by atoms with Gasteiger partial charge in [0.1, 0.15) is 0 Å². The zero-order valence-electron chi connectivity index (χ0n) is 12.0. The van der Waals surface area contributed by atoms with Crippen LogP contribution in [0.5, 0.6) is 0 Å². The van der Waals surface area contributed by atoms with Crippen LogP contribution >= 0.6 is 0 Å². The highest BCUT2D eigenvalue weighted by Gasteiger charge is 2.21. The highest BCUT2D eigenvalue weighted by molar-refractivity contribution is 5.89. The van der Waals surface area contributed by atoms with Gasteiger partial charge in [0.05, 0.1) is 0 Å².